The van der Waals surface area contributed by atoms with E-state index in [0.717, 1.165) is 31.9 Å². The van der Waals surface area contributed by atoms with Gasteiger partial charge in [0.2, 0.25) is 5.91 Å². The minimum absolute atomic E-state index is 0.0199. The van der Waals surface area contributed by atoms with Crippen LogP contribution in [0.3, 0.4) is 0 Å². The van der Waals surface area contributed by atoms with Crippen LogP contribution in [0.2, 0.25) is 0 Å². The largest absolute Gasteiger partial charge is 0.378 e. The third kappa shape index (κ3) is 4.97. The molecule has 2 amide bonds. The van der Waals surface area contributed by atoms with Crippen molar-refractivity contribution < 1.29 is 14.3 Å². The van der Waals surface area contributed by atoms with Crippen LogP contribution in [0, 0.1) is 0 Å². The van der Waals surface area contributed by atoms with E-state index in [4.69, 9.17) is 10.5 Å². The van der Waals surface area contributed by atoms with Gasteiger partial charge in [-0.05, 0) is 36.8 Å². The number of carbonyl (C=O) groups is 2. The molecule has 4 rings (SSSR count). The van der Waals surface area contributed by atoms with E-state index in [1.807, 2.05) is 12.1 Å². The van der Waals surface area contributed by atoms with E-state index >= 15 is 0 Å². The van der Waals surface area contributed by atoms with Gasteiger partial charge in [0.1, 0.15) is 17.5 Å². The molecule has 10 nitrogen and oxygen atoms in total. The second kappa shape index (κ2) is 9.65. The number of nitrogens with zero attached hydrogens (tertiary/aromatic N) is 4. The van der Waals surface area contributed by atoms with Gasteiger partial charge in [-0.3, -0.25) is 9.59 Å². The summed E-state index contributed by atoms with van der Waals surface area (Å²) in [6, 6.07) is 7.27. The highest BCUT2D eigenvalue weighted by Gasteiger charge is 2.25. The highest BCUT2D eigenvalue weighted by atomic mass is 16.5. The Labute approximate surface area is 186 Å². The Morgan fingerprint density at radius 2 is 1.91 bits per heavy atom. The summed E-state index contributed by atoms with van der Waals surface area (Å²) in [6.45, 7) is 7.83. The van der Waals surface area contributed by atoms with Gasteiger partial charge in [-0.2, -0.15) is 0 Å². The van der Waals surface area contributed by atoms with E-state index in [1.165, 1.54) is 6.08 Å². The first kappa shape index (κ1) is 21.6. The van der Waals surface area contributed by atoms with Crippen LogP contribution in [0.25, 0.3) is 0 Å². The monoisotopic (exact) mass is 437 g/mol. The number of nitrogens with two attached hydrogens (primary N) is 1. The highest BCUT2D eigenvalue weighted by Crippen LogP contribution is 2.26. The molecule has 4 heterocycles. The highest BCUT2D eigenvalue weighted by molar-refractivity contribution is 5.98. The van der Waals surface area contributed by atoms with Crippen molar-refractivity contribution in [2.75, 3.05) is 54.5 Å². The molecule has 2 fully saturated rings. The SMILES string of the molecule is C=CC(=O)N[C@H]1CCN(c2ccc(C(N)=O)c(Nc3ccc(N4CCOCC4)nc3)n2)C1. The Kier molecular flexibility index (Phi) is 6.50. The maximum atomic E-state index is 11.9. The van der Waals surface area contributed by atoms with Gasteiger partial charge in [-0.25, -0.2) is 9.97 Å². The van der Waals surface area contributed by atoms with Crippen molar-refractivity contribution >= 4 is 35.0 Å². The normalized spacial score (nSPS) is 18.3. The molecule has 4 N–H and O–H groups in total. The first-order valence-corrected chi connectivity index (χ1v) is 10.6. The average Bonchev–Trinajstić information content (AvgIpc) is 3.28. The molecule has 168 valence electrons. The van der Waals surface area contributed by atoms with Crippen molar-refractivity contribution in [3.05, 3.63) is 48.7 Å². The molecule has 2 aliphatic rings. The molecule has 32 heavy (non-hydrogen) atoms. The van der Waals surface area contributed by atoms with Gasteiger partial charge >= 0.3 is 0 Å². The number of amides is 2. The average molecular weight is 438 g/mol. The fourth-order valence-electron chi connectivity index (χ4n) is 3.84. The van der Waals surface area contributed by atoms with Gasteiger partial charge in [0.25, 0.3) is 5.91 Å². The van der Waals surface area contributed by atoms with Crippen LogP contribution in [0.15, 0.2) is 43.1 Å². The van der Waals surface area contributed by atoms with E-state index in [2.05, 4.69) is 37.0 Å². The number of pyridine rings is 2. The number of primary amides is 1. The zero-order valence-corrected chi connectivity index (χ0v) is 17.8. The van der Waals surface area contributed by atoms with Crippen LogP contribution in [0.5, 0.6) is 0 Å². The fourth-order valence-corrected chi connectivity index (χ4v) is 3.84. The molecule has 0 aliphatic carbocycles. The molecule has 2 saturated heterocycles. The third-order valence-electron chi connectivity index (χ3n) is 5.54. The third-order valence-corrected chi connectivity index (χ3v) is 5.54. The lowest BCUT2D eigenvalue weighted by Gasteiger charge is -2.27. The predicted octanol–water partition coefficient (Wildman–Crippen LogP) is 1.04. The summed E-state index contributed by atoms with van der Waals surface area (Å²) in [6.07, 6.45) is 3.78. The van der Waals surface area contributed by atoms with Crippen LogP contribution in [0.4, 0.5) is 23.1 Å². The Bertz CT molecular complexity index is 990. The lowest BCUT2D eigenvalue weighted by Crippen LogP contribution is -2.36. The van der Waals surface area contributed by atoms with Crippen LogP contribution in [0.1, 0.15) is 16.8 Å². The van der Waals surface area contributed by atoms with Gasteiger partial charge in [0.05, 0.1) is 30.7 Å². The Balaban J connectivity index is 1.49. The van der Waals surface area contributed by atoms with Gasteiger partial charge in [-0.15, -0.1) is 0 Å². The van der Waals surface area contributed by atoms with E-state index < -0.39 is 5.91 Å². The van der Waals surface area contributed by atoms with Crippen molar-refractivity contribution in [1.82, 2.24) is 15.3 Å². The standard InChI is InChI=1S/C22H27N7O3/c1-2-20(30)25-16-7-8-29(14-16)19-6-4-17(21(23)31)22(27-19)26-15-3-5-18(24-13-15)28-9-11-32-12-10-28/h2-6,13,16H,1,7-12,14H2,(H2,23,31)(H,25,30)(H,26,27)/t16-/m0/s1. The van der Waals surface area contributed by atoms with E-state index in [0.29, 0.717) is 42.6 Å². The molecule has 2 aromatic heterocycles. The first-order chi connectivity index (χ1) is 15.5. The Morgan fingerprint density at radius 3 is 2.59 bits per heavy atom. The number of hydrogen-bond donors (Lipinski definition) is 3. The number of aromatic nitrogens is 2. The quantitative estimate of drug-likeness (QED) is 0.549. The van der Waals surface area contributed by atoms with Gasteiger partial charge in [0.15, 0.2) is 0 Å². The van der Waals surface area contributed by atoms with Crippen LogP contribution in [-0.2, 0) is 9.53 Å². The molecule has 0 unspecified atom stereocenters. The van der Waals surface area contributed by atoms with Crippen molar-refractivity contribution in [2.24, 2.45) is 5.73 Å². The van der Waals surface area contributed by atoms with Crippen molar-refractivity contribution in [3.63, 3.8) is 0 Å². The van der Waals surface area contributed by atoms with Gasteiger partial charge in [0, 0.05) is 32.2 Å². The predicted molar refractivity (Wildman–Crippen MR) is 122 cm³/mol. The summed E-state index contributed by atoms with van der Waals surface area (Å²) >= 11 is 0. The second-order valence-corrected chi connectivity index (χ2v) is 7.70. The Hall–Kier alpha value is -3.66. The number of anilines is 4. The summed E-state index contributed by atoms with van der Waals surface area (Å²) in [5.74, 6) is 1.19. The molecule has 2 aromatic rings. The van der Waals surface area contributed by atoms with E-state index in [9.17, 15) is 9.59 Å². The molecule has 0 aromatic carbocycles. The zero-order chi connectivity index (χ0) is 22.5. The number of morpholine rings is 1. The van der Waals surface area contributed by atoms with E-state index in [-0.39, 0.29) is 11.9 Å². The summed E-state index contributed by atoms with van der Waals surface area (Å²) in [5, 5.41) is 6.08. The van der Waals surface area contributed by atoms with Crippen LogP contribution < -0.4 is 26.2 Å². The lowest BCUT2D eigenvalue weighted by molar-refractivity contribution is -0.117. The smallest absolute Gasteiger partial charge is 0.252 e. The minimum Gasteiger partial charge on any atom is -0.378 e. The maximum Gasteiger partial charge on any atom is 0.252 e. The molecular weight excluding hydrogens is 410 g/mol. The van der Waals surface area contributed by atoms with Gasteiger partial charge < -0.3 is 30.9 Å². The molecular formula is C22H27N7O3. The summed E-state index contributed by atoms with van der Waals surface area (Å²) in [5.41, 5.74) is 6.56. The van der Waals surface area contributed by atoms with Crippen molar-refractivity contribution in [3.8, 4) is 0 Å². The topological polar surface area (TPSA) is 126 Å². The lowest BCUT2D eigenvalue weighted by atomic mass is 10.2. The number of nitrogens with one attached hydrogen (secondary N) is 2. The van der Waals surface area contributed by atoms with Crippen LogP contribution in [-0.4, -0.2) is 67.2 Å². The van der Waals surface area contributed by atoms with Crippen molar-refractivity contribution in [2.45, 2.75) is 12.5 Å². The molecule has 0 saturated carbocycles. The van der Waals surface area contributed by atoms with E-state index in [1.54, 1.807) is 18.3 Å². The fraction of sp³-hybridized carbons (Fsp3) is 0.364. The molecule has 10 heteroatoms. The number of carbonyl (C=O) groups excluding carboxylic acids is 2. The Morgan fingerprint density at radius 1 is 1.12 bits per heavy atom. The van der Waals surface area contributed by atoms with Crippen LogP contribution >= 0.6 is 0 Å². The first-order valence-electron chi connectivity index (χ1n) is 10.6. The number of hydrogen-bond acceptors (Lipinski definition) is 8. The summed E-state index contributed by atoms with van der Waals surface area (Å²) < 4.78 is 5.38. The maximum absolute atomic E-state index is 11.9. The molecule has 2 aliphatic heterocycles. The minimum atomic E-state index is -0.568. The number of ether oxygens (including phenoxy) is 1. The summed E-state index contributed by atoms with van der Waals surface area (Å²) in [4.78, 5) is 36.9. The zero-order valence-electron chi connectivity index (χ0n) is 17.8. The number of rotatable bonds is 7. The molecule has 0 spiro atoms. The second-order valence-electron chi connectivity index (χ2n) is 7.70. The molecule has 1 atom stereocenters. The molecule has 0 bridgehead atoms. The molecule has 0 radical (unpaired) electrons. The van der Waals surface area contributed by atoms with Crippen molar-refractivity contribution in [1.29, 1.82) is 0 Å². The van der Waals surface area contributed by atoms with Gasteiger partial charge in [-0.1, -0.05) is 6.58 Å². The summed E-state index contributed by atoms with van der Waals surface area (Å²) in [7, 11) is 0.